The molecule has 0 saturated carbocycles. The van der Waals surface area contributed by atoms with Crippen LogP contribution in [0.25, 0.3) is 0 Å². The van der Waals surface area contributed by atoms with E-state index in [2.05, 4.69) is 15.9 Å². The minimum atomic E-state index is -4.71. The summed E-state index contributed by atoms with van der Waals surface area (Å²) >= 11 is 3.08. The summed E-state index contributed by atoms with van der Waals surface area (Å²) < 4.78 is 50.0. The summed E-state index contributed by atoms with van der Waals surface area (Å²) in [7, 11) is 0. The van der Waals surface area contributed by atoms with Crippen LogP contribution in [0.1, 0.15) is 11.1 Å². The molecule has 2 nitrogen and oxygen atoms in total. The lowest BCUT2D eigenvalue weighted by Crippen LogP contribution is -2.41. The molecule has 0 heterocycles. The molecule has 1 amide bonds. The maximum atomic E-state index is 12.8. The average Bonchev–Trinajstić information content (AvgIpc) is 2.22. The molecule has 100 valence electrons. The molecule has 0 bridgehead atoms. The van der Waals surface area contributed by atoms with Crippen LogP contribution < -0.4 is 5.32 Å². The zero-order chi connectivity index (χ0) is 14.1. The van der Waals surface area contributed by atoms with Gasteiger partial charge in [-0.25, -0.2) is 8.78 Å². The fourth-order valence-electron chi connectivity index (χ4n) is 1.37. The van der Waals surface area contributed by atoms with E-state index in [-0.39, 0.29) is 5.69 Å². The second-order valence-electron chi connectivity index (χ2n) is 3.82. The normalized spacial score (nSPS) is 11.8. The number of anilines is 1. The largest absolute Gasteiger partial charge is 0.383 e. The second-order valence-corrected chi connectivity index (χ2v) is 4.67. The lowest BCUT2D eigenvalue weighted by Gasteiger charge is -2.17. The van der Waals surface area contributed by atoms with Gasteiger partial charge in [-0.2, -0.15) is 8.78 Å². The van der Waals surface area contributed by atoms with E-state index in [9.17, 15) is 22.4 Å². The first-order valence-corrected chi connectivity index (χ1v) is 5.69. The molecule has 1 aromatic carbocycles. The topological polar surface area (TPSA) is 29.1 Å². The van der Waals surface area contributed by atoms with Crippen LogP contribution in [0.4, 0.5) is 23.2 Å². The monoisotopic (exact) mass is 327 g/mol. The molecule has 1 N–H and O–H groups in total. The zero-order valence-electron chi connectivity index (χ0n) is 9.53. The van der Waals surface area contributed by atoms with Crippen molar-refractivity contribution in [2.24, 2.45) is 0 Å². The molecule has 1 aromatic rings. The van der Waals surface area contributed by atoms with Gasteiger partial charge in [0.1, 0.15) is 0 Å². The van der Waals surface area contributed by atoms with E-state index in [0.717, 1.165) is 5.56 Å². The summed E-state index contributed by atoms with van der Waals surface area (Å²) in [4.78, 5) is 11.1. The number of nitrogens with one attached hydrogen (secondary N) is 1. The van der Waals surface area contributed by atoms with Crippen molar-refractivity contribution in [1.82, 2.24) is 0 Å². The maximum absolute atomic E-state index is 12.8. The Bertz CT molecular complexity index is 453. The summed E-state index contributed by atoms with van der Waals surface area (Å²) in [6, 6.07) is 3.23. The Morgan fingerprint density at radius 3 is 2.33 bits per heavy atom. The Kier molecular flexibility index (Phi) is 4.37. The number of carbonyl (C=O) groups excluding carboxylic acids is 1. The molecule has 1 rings (SSSR count). The number of hydrogen-bond acceptors (Lipinski definition) is 1. The first kappa shape index (κ1) is 14.9. The van der Waals surface area contributed by atoms with Crippen LogP contribution in [0.5, 0.6) is 0 Å². The van der Waals surface area contributed by atoms with Crippen LogP contribution >= 0.6 is 15.9 Å². The van der Waals surface area contributed by atoms with Gasteiger partial charge in [0.2, 0.25) is 0 Å². The third kappa shape index (κ3) is 3.01. The van der Waals surface area contributed by atoms with E-state index < -0.39 is 18.3 Å². The predicted molar refractivity (Wildman–Crippen MR) is 63.2 cm³/mol. The lowest BCUT2D eigenvalue weighted by atomic mass is 10.1. The van der Waals surface area contributed by atoms with E-state index >= 15 is 0 Å². The highest BCUT2D eigenvalue weighted by atomic mass is 79.9. The number of aryl methyl sites for hydroxylation is 2. The van der Waals surface area contributed by atoms with Crippen LogP contribution in [0, 0.1) is 13.8 Å². The summed E-state index contributed by atoms with van der Waals surface area (Å²) in [6.07, 6.45) is -4.04. The first-order chi connectivity index (χ1) is 8.16. The molecular weight excluding hydrogens is 318 g/mol. The summed E-state index contributed by atoms with van der Waals surface area (Å²) in [5, 5.41) is 1.81. The molecule has 0 aliphatic heterocycles. The number of alkyl halides is 4. The van der Waals surface area contributed by atoms with Crippen LogP contribution in [0.15, 0.2) is 16.6 Å². The average molecular weight is 328 g/mol. The van der Waals surface area contributed by atoms with E-state index in [0.29, 0.717) is 10.0 Å². The van der Waals surface area contributed by atoms with E-state index in [1.54, 1.807) is 26.0 Å². The van der Waals surface area contributed by atoms with Crippen molar-refractivity contribution in [3.05, 3.63) is 27.7 Å². The number of amides is 1. The Hall–Kier alpha value is -1.11. The molecular formula is C11H10BrF4NO. The van der Waals surface area contributed by atoms with Gasteiger partial charge in [0.05, 0.1) is 5.69 Å². The van der Waals surface area contributed by atoms with Crippen molar-refractivity contribution in [3.8, 4) is 0 Å². The molecule has 0 radical (unpaired) electrons. The number of hydrogen-bond donors (Lipinski definition) is 1. The molecule has 0 fully saturated rings. The third-order valence-electron chi connectivity index (χ3n) is 2.25. The predicted octanol–water partition coefficient (Wildman–Crippen LogP) is 3.90. The number of benzene rings is 1. The van der Waals surface area contributed by atoms with Gasteiger partial charge in [-0.05, 0) is 47.0 Å². The summed E-state index contributed by atoms with van der Waals surface area (Å²) in [5.74, 6) is -6.73. The van der Waals surface area contributed by atoms with E-state index in [1.165, 1.54) is 0 Å². The summed E-state index contributed by atoms with van der Waals surface area (Å²) in [6.45, 7) is 3.35. The molecule has 0 aliphatic carbocycles. The molecule has 18 heavy (non-hydrogen) atoms. The standard InChI is InChI=1S/C11H10BrF4NO/c1-5-3-6(2)8(7(12)4-5)17-10(18)11(15,16)9(13)14/h3-4,9H,1-2H3,(H,17,18). The number of carbonyl (C=O) groups is 1. The SMILES string of the molecule is Cc1cc(C)c(NC(=O)C(F)(F)C(F)F)c(Br)c1. The van der Waals surface area contributed by atoms with Gasteiger partial charge < -0.3 is 5.32 Å². The van der Waals surface area contributed by atoms with Crippen LogP contribution in [0.2, 0.25) is 0 Å². The Labute approximate surface area is 109 Å². The van der Waals surface area contributed by atoms with Gasteiger partial charge in [0, 0.05) is 4.47 Å². The van der Waals surface area contributed by atoms with Crippen molar-refractivity contribution < 1.29 is 22.4 Å². The highest BCUT2D eigenvalue weighted by Crippen LogP contribution is 2.30. The van der Waals surface area contributed by atoms with Crippen molar-refractivity contribution in [2.45, 2.75) is 26.2 Å². The minimum absolute atomic E-state index is 0.0610. The highest BCUT2D eigenvalue weighted by Gasteiger charge is 2.49. The lowest BCUT2D eigenvalue weighted by molar-refractivity contribution is -0.163. The van der Waals surface area contributed by atoms with Gasteiger partial charge in [-0.1, -0.05) is 6.07 Å². The zero-order valence-corrected chi connectivity index (χ0v) is 11.1. The smallest absolute Gasteiger partial charge is 0.319 e. The second kappa shape index (κ2) is 5.26. The number of rotatable bonds is 3. The molecule has 0 saturated heterocycles. The van der Waals surface area contributed by atoms with Gasteiger partial charge in [-0.15, -0.1) is 0 Å². The van der Waals surface area contributed by atoms with Crippen molar-refractivity contribution in [3.63, 3.8) is 0 Å². The fraction of sp³-hybridized carbons (Fsp3) is 0.364. The third-order valence-corrected chi connectivity index (χ3v) is 2.87. The van der Waals surface area contributed by atoms with Gasteiger partial charge in [0.25, 0.3) is 0 Å². The molecule has 0 spiro atoms. The van der Waals surface area contributed by atoms with E-state index in [4.69, 9.17) is 0 Å². The van der Waals surface area contributed by atoms with Crippen molar-refractivity contribution >= 4 is 27.5 Å². The molecule has 7 heteroatoms. The highest BCUT2D eigenvalue weighted by molar-refractivity contribution is 9.10. The fourth-order valence-corrected chi connectivity index (χ4v) is 2.14. The Balaban J connectivity index is 3.03. The molecule has 0 aromatic heterocycles. The quantitative estimate of drug-likeness (QED) is 0.838. The first-order valence-electron chi connectivity index (χ1n) is 4.90. The van der Waals surface area contributed by atoms with Crippen LogP contribution in [-0.4, -0.2) is 18.3 Å². The molecule has 0 atom stereocenters. The van der Waals surface area contributed by atoms with E-state index in [1.807, 2.05) is 5.32 Å². The Morgan fingerprint density at radius 2 is 1.89 bits per heavy atom. The van der Waals surface area contributed by atoms with Crippen LogP contribution in [-0.2, 0) is 4.79 Å². The Morgan fingerprint density at radius 1 is 1.33 bits per heavy atom. The van der Waals surface area contributed by atoms with Crippen LogP contribution in [0.3, 0.4) is 0 Å². The maximum Gasteiger partial charge on any atom is 0.383 e. The van der Waals surface area contributed by atoms with Gasteiger partial charge >= 0.3 is 18.3 Å². The van der Waals surface area contributed by atoms with Crippen molar-refractivity contribution in [2.75, 3.05) is 5.32 Å². The summed E-state index contributed by atoms with van der Waals surface area (Å²) in [5.41, 5.74) is 1.41. The molecule has 0 unspecified atom stereocenters. The molecule has 0 aliphatic rings. The van der Waals surface area contributed by atoms with Gasteiger partial charge in [0.15, 0.2) is 0 Å². The van der Waals surface area contributed by atoms with Gasteiger partial charge in [-0.3, -0.25) is 4.79 Å². The number of halogens is 5. The van der Waals surface area contributed by atoms with Crippen molar-refractivity contribution in [1.29, 1.82) is 0 Å². The minimum Gasteiger partial charge on any atom is -0.319 e.